The van der Waals surface area contributed by atoms with Gasteiger partial charge in [0.05, 0.1) is 13.2 Å². The van der Waals surface area contributed by atoms with Gasteiger partial charge in [-0.25, -0.2) is 9.97 Å². The van der Waals surface area contributed by atoms with Crippen molar-refractivity contribution in [2.45, 2.75) is 25.3 Å². The van der Waals surface area contributed by atoms with Crippen LogP contribution in [0, 0.1) is 5.92 Å². The summed E-state index contributed by atoms with van der Waals surface area (Å²) in [6, 6.07) is 2.42. The van der Waals surface area contributed by atoms with Crippen LogP contribution >= 0.6 is 0 Å². The molecule has 1 atom stereocenters. The molecule has 1 N–H and O–H groups in total. The highest BCUT2D eigenvalue weighted by molar-refractivity contribution is 5.82. The molecule has 27 heavy (non-hydrogen) atoms. The maximum Gasteiger partial charge on any atom is 0.241 e. The van der Waals surface area contributed by atoms with Crippen LogP contribution in [0.1, 0.15) is 19.3 Å². The van der Waals surface area contributed by atoms with Crippen LogP contribution in [0.3, 0.4) is 0 Å². The van der Waals surface area contributed by atoms with Crippen LogP contribution in [0.15, 0.2) is 12.4 Å². The number of likely N-dealkylation sites (N-methyl/N-ethyl adjacent to an activating group) is 1. The third-order valence-electron chi connectivity index (χ3n) is 5.91. The van der Waals surface area contributed by atoms with Crippen molar-refractivity contribution in [2.75, 3.05) is 69.7 Å². The molecule has 1 amide bonds. The van der Waals surface area contributed by atoms with Gasteiger partial charge in [-0.2, -0.15) is 0 Å². The van der Waals surface area contributed by atoms with Crippen molar-refractivity contribution in [3.63, 3.8) is 0 Å². The minimum Gasteiger partial charge on any atom is -0.381 e. The number of ether oxygens (including phenoxy) is 1. The monoisotopic (exact) mass is 374 g/mol. The van der Waals surface area contributed by atoms with Crippen LogP contribution < -0.4 is 10.2 Å². The smallest absolute Gasteiger partial charge is 0.241 e. The fourth-order valence-corrected chi connectivity index (χ4v) is 4.11. The molecule has 0 bridgehead atoms. The quantitative estimate of drug-likeness (QED) is 0.812. The molecule has 1 aromatic rings. The molecule has 3 aliphatic heterocycles. The second-order valence-electron chi connectivity index (χ2n) is 7.95. The number of amides is 1. The summed E-state index contributed by atoms with van der Waals surface area (Å²) in [5.41, 5.74) is 0. The number of hydrogen-bond donors (Lipinski definition) is 1. The van der Waals surface area contributed by atoms with Gasteiger partial charge >= 0.3 is 0 Å². The van der Waals surface area contributed by atoms with E-state index in [0.29, 0.717) is 18.5 Å². The number of anilines is 2. The number of nitrogens with one attached hydrogen (secondary N) is 1. The largest absolute Gasteiger partial charge is 0.381 e. The first-order valence-electron chi connectivity index (χ1n) is 10.0. The number of nitrogens with zero attached hydrogens (tertiary/aromatic N) is 5. The molecule has 148 valence electrons. The van der Waals surface area contributed by atoms with E-state index in [1.54, 1.807) is 11.2 Å². The van der Waals surface area contributed by atoms with Crippen molar-refractivity contribution < 1.29 is 9.53 Å². The predicted molar refractivity (Wildman–Crippen MR) is 104 cm³/mol. The maximum absolute atomic E-state index is 11.9. The minimum atomic E-state index is 0.134. The molecule has 8 heteroatoms. The first kappa shape index (κ1) is 18.4. The Morgan fingerprint density at radius 1 is 1.19 bits per heavy atom. The number of piperidine rings is 1. The lowest BCUT2D eigenvalue weighted by Crippen LogP contribution is -2.48. The van der Waals surface area contributed by atoms with E-state index in [1.807, 2.05) is 18.0 Å². The van der Waals surface area contributed by atoms with E-state index in [-0.39, 0.29) is 5.91 Å². The van der Waals surface area contributed by atoms with Crippen LogP contribution in [-0.4, -0.2) is 91.2 Å². The van der Waals surface area contributed by atoms with Crippen molar-refractivity contribution in [1.82, 2.24) is 19.8 Å². The topological polar surface area (TPSA) is 73.8 Å². The normalized spacial score (nSPS) is 25.2. The van der Waals surface area contributed by atoms with Crippen molar-refractivity contribution in [1.29, 1.82) is 0 Å². The Morgan fingerprint density at radius 2 is 2.04 bits per heavy atom. The zero-order valence-corrected chi connectivity index (χ0v) is 16.1. The summed E-state index contributed by atoms with van der Waals surface area (Å²) in [5.74, 6) is 2.53. The molecular formula is C19H30N6O2. The number of rotatable bonds is 5. The summed E-state index contributed by atoms with van der Waals surface area (Å²) >= 11 is 0. The Kier molecular flexibility index (Phi) is 5.73. The molecule has 0 spiro atoms. The van der Waals surface area contributed by atoms with Crippen molar-refractivity contribution >= 4 is 17.5 Å². The highest BCUT2D eigenvalue weighted by Gasteiger charge is 2.25. The van der Waals surface area contributed by atoms with E-state index in [4.69, 9.17) is 4.74 Å². The number of hydrogen-bond acceptors (Lipinski definition) is 7. The van der Waals surface area contributed by atoms with Gasteiger partial charge in [-0.15, -0.1) is 0 Å². The lowest BCUT2D eigenvalue weighted by atomic mass is 10.0. The van der Waals surface area contributed by atoms with E-state index in [0.717, 1.165) is 63.9 Å². The molecule has 0 aliphatic carbocycles. The molecule has 3 saturated heterocycles. The molecule has 3 aliphatic rings. The Morgan fingerprint density at radius 3 is 2.78 bits per heavy atom. The average molecular weight is 374 g/mol. The summed E-state index contributed by atoms with van der Waals surface area (Å²) < 4.78 is 5.49. The highest BCUT2D eigenvalue weighted by Crippen LogP contribution is 2.21. The lowest BCUT2D eigenvalue weighted by Gasteiger charge is -2.34. The zero-order valence-electron chi connectivity index (χ0n) is 16.1. The van der Waals surface area contributed by atoms with Crippen LogP contribution in [0.2, 0.25) is 0 Å². The first-order valence-corrected chi connectivity index (χ1v) is 10.0. The Balaban J connectivity index is 1.28. The lowest BCUT2D eigenvalue weighted by molar-refractivity contribution is -0.129. The van der Waals surface area contributed by atoms with E-state index in [2.05, 4.69) is 20.2 Å². The number of carbonyl (C=O) groups is 1. The van der Waals surface area contributed by atoms with Gasteiger partial charge in [0.15, 0.2) is 0 Å². The fraction of sp³-hybridized carbons (Fsp3) is 0.737. The Labute approximate surface area is 160 Å². The SMILES string of the molecule is CN1CCN(c2cc(NC3CCN(CC4CCOC4)CC3)ncn2)CC1=O. The summed E-state index contributed by atoms with van der Waals surface area (Å²) in [7, 11) is 1.85. The van der Waals surface area contributed by atoms with Crippen molar-refractivity contribution in [2.24, 2.45) is 5.92 Å². The summed E-state index contributed by atoms with van der Waals surface area (Å²) in [6.45, 7) is 7.20. The predicted octanol–water partition coefficient (Wildman–Crippen LogP) is 0.668. The minimum absolute atomic E-state index is 0.134. The molecule has 8 nitrogen and oxygen atoms in total. The van der Waals surface area contributed by atoms with Gasteiger partial charge in [0, 0.05) is 58.5 Å². The van der Waals surface area contributed by atoms with E-state index >= 15 is 0 Å². The summed E-state index contributed by atoms with van der Waals surface area (Å²) in [6.07, 6.45) is 5.05. The van der Waals surface area contributed by atoms with Crippen LogP contribution in [0.25, 0.3) is 0 Å². The van der Waals surface area contributed by atoms with Crippen molar-refractivity contribution in [3.05, 3.63) is 12.4 Å². The summed E-state index contributed by atoms with van der Waals surface area (Å²) in [4.78, 5) is 27.1. The van der Waals surface area contributed by atoms with Gasteiger partial charge < -0.3 is 24.8 Å². The highest BCUT2D eigenvalue weighted by atomic mass is 16.5. The molecule has 0 saturated carbocycles. The van der Waals surface area contributed by atoms with E-state index in [9.17, 15) is 4.79 Å². The Bertz CT molecular complexity index is 643. The second-order valence-corrected chi connectivity index (χ2v) is 7.95. The molecular weight excluding hydrogens is 344 g/mol. The van der Waals surface area contributed by atoms with Gasteiger partial charge in [-0.05, 0) is 25.2 Å². The van der Waals surface area contributed by atoms with E-state index in [1.165, 1.54) is 13.0 Å². The molecule has 0 radical (unpaired) electrons. The number of piperazine rings is 1. The number of carbonyl (C=O) groups excluding carboxylic acids is 1. The third kappa shape index (κ3) is 4.68. The van der Waals surface area contributed by atoms with Gasteiger partial charge in [-0.1, -0.05) is 0 Å². The molecule has 0 aromatic carbocycles. The molecule has 3 fully saturated rings. The van der Waals surface area contributed by atoms with Gasteiger partial charge in [0.2, 0.25) is 5.91 Å². The molecule has 4 rings (SSSR count). The summed E-state index contributed by atoms with van der Waals surface area (Å²) in [5, 5.41) is 3.57. The standard InChI is InChI=1S/C19H30N6O2/c1-23-7-8-25(12-19(23)26)18-10-17(20-14-21-18)22-16-2-5-24(6-3-16)11-15-4-9-27-13-15/h10,14-16H,2-9,11-13H2,1H3,(H,20,21,22). The van der Waals surface area contributed by atoms with Crippen LogP contribution in [0.4, 0.5) is 11.6 Å². The van der Waals surface area contributed by atoms with Crippen LogP contribution in [-0.2, 0) is 9.53 Å². The Hall–Kier alpha value is -1.93. The molecule has 4 heterocycles. The average Bonchev–Trinajstić information content (AvgIpc) is 3.19. The zero-order chi connectivity index (χ0) is 18.6. The van der Waals surface area contributed by atoms with Gasteiger partial charge in [-0.3, -0.25) is 4.79 Å². The number of likely N-dealkylation sites (tertiary alicyclic amines) is 1. The molecule has 1 aromatic heterocycles. The fourth-order valence-electron chi connectivity index (χ4n) is 4.11. The van der Waals surface area contributed by atoms with Crippen molar-refractivity contribution in [3.8, 4) is 0 Å². The van der Waals surface area contributed by atoms with Gasteiger partial charge in [0.25, 0.3) is 0 Å². The number of aromatic nitrogens is 2. The third-order valence-corrected chi connectivity index (χ3v) is 5.91. The molecule has 1 unspecified atom stereocenters. The maximum atomic E-state index is 11.9. The second kappa shape index (κ2) is 8.39. The van der Waals surface area contributed by atoms with Crippen LogP contribution in [0.5, 0.6) is 0 Å². The van der Waals surface area contributed by atoms with E-state index < -0.39 is 0 Å². The van der Waals surface area contributed by atoms with Gasteiger partial charge in [0.1, 0.15) is 18.0 Å². The first-order chi connectivity index (χ1) is 13.2.